The standard InChI is InChI=1S/C16H15Cl2NO/c1-2-8-20-14-5-3-4-12(9-14)11-19-13-6-7-15(17)16(18)10-13/h2-7,9-10,19H,1,8,11H2. The van der Waals surface area contributed by atoms with Crippen LogP contribution in [0.4, 0.5) is 5.69 Å². The predicted molar refractivity (Wildman–Crippen MR) is 85.9 cm³/mol. The zero-order valence-corrected chi connectivity index (χ0v) is 12.4. The Hall–Kier alpha value is -1.64. The molecule has 0 atom stereocenters. The van der Waals surface area contributed by atoms with Crippen LogP contribution in [0.25, 0.3) is 0 Å². The molecule has 2 rings (SSSR count). The van der Waals surface area contributed by atoms with Crippen LogP contribution in [0, 0.1) is 0 Å². The van der Waals surface area contributed by atoms with Crippen LogP contribution >= 0.6 is 23.2 Å². The van der Waals surface area contributed by atoms with Crippen LogP contribution in [-0.4, -0.2) is 6.61 Å². The molecular weight excluding hydrogens is 293 g/mol. The Morgan fingerprint density at radius 1 is 1.10 bits per heavy atom. The maximum atomic E-state index is 5.98. The summed E-state index contributed by atoms with van der Waals surface area (Å²) >= 11 is 11.9. The molecule has 4 heteroatoms. The summed E-state index contributed by atoms with van der Waals surface area (Å²) in [7, 11) is 0. The summed E-state index contributed by atoms with van der Waals surface area (Å²) in [6.45, 7) is 4.82. The van der Waals surface area contributed by atoms with Crippen LogP contribution in [0.15, 0.2) is 55.1 Å². The molecule has 1 N–H and O–H groups in total. The quantitative estimate of drug-likeness (QED) is 0.743. The third-order valence-corrected chi connectivity index (χ3v) is 3.42. The molecule has 0 fully saturated rings. The van der Waals surface area contributed by atoms with Gasteiger partial charge in [0.2, 0.25) is 0 Å². The molecule has 0 saturated carbocycles. The minimum atomic E-state index is 0.504. The van der Waals surface area contributed by atoms with Crippen LogP contribution in [0.1, 0.15) is 5.56 Å². The highest BCUT2D eigenvalue weighted by atomic mass is 35.5. The Kier molecular flexibility index (Phi) is 5.33. The number of hydrogen-bond acceptors (Lipinski definition) is 2. The summed E-state index contributed by atoms with van der Waals surface area (Å²) < 4.78 is 5.50. The molecular formula is C16H15Cl2NO. The minimum Gasteiger partial charge on any atom is -0.490 e. The third kappa shape index (κ3) is 4.19. The van der Waals surface area contributed by atoms with E-state index in [1.165, 1.54) is 0 Å². The van der Waals surface area contributed by atoms with Crippen molar-refractivity contribution in [2.24, 2.45) is 0 Å². The molecule has 0 unspecified atom stereocenters. The van der Waals surface area contributed by atoms with E-state index in [0.29, 0.717) is 23.2 Å². The monoisotopic (exact) mass is 307 g/mol. The van der Waals surface area contributed by atoms with Crippen LogP contribution < -0.4 is 10.1 Å². The van der Waals surface area contributed by atoms with Crippen molar-refractivity contribution in [3.8, 4) is 5.75 Å². The summed E-state index contributed by atoms with van der Waals surface area (Å²) in [4.78, 5) is 0. The molecule has 2 nitrogen and oxygen atoms in total. The molecule has 20 heavy (non-hydrogen) atoms. The molecule has 0 heterocycles. The van der Waals surface area contributed by atoms with Crippen molar-refractivity contribution < 1.29 is 4.74 Å². The lowest BCUT2D eigenvalue weighted by Gasteiger charge is -2.09. The highest BCUT2D eigenvalue weighted by Crippen LogP contribution is 2.25. The summed E-state index contributed by atoms with van der Waals surface area (Å²) in [6, 6.07) is 13.4. The average Bonchev–Trinajstić information content (AvgIpc) is 2.47. The average molecular weight is 308 g/mol. The van der Waals surface area contributed by atoms with E-state index >= 15 is 0 Å². The van der Waals surface area contributed by atoms with Gasteiger partial charge in [0.15, 0.2) is 0 Å². The van der Waals surface area contributed by atoms with Gasteiger partial charge < -0.3 is 10.1 Å². The largest absolute Gasteiger partial charge is 0.490 e. The summed E-state index contributed by atoms with van der Waals surface area (Å²) in [5, 5.41) is 4.39. The van der Waals surface area contributed by atoms with E-state index in [0.717, 1.165) is 17.0 Å². The Morgan fingerprint density at radius 3 is 2.70 bits per heavy atom. The number of benzene rings is 2. The first kappa shape index (κ1) is 14.8. The molecule has 2 aromatic carbocycles. The van der Waals surface area contributed by atoms with E-state index in [9.17, 15) is 0 Å². The van der Waals surface area contributed by atoms with Crippen molar-refractivity contribution in [3.63, 3.8) is 0 Å². The lowest BCUT2D eigenvalue weighted by molar-refractivity contribution is 0.363. The smallest absolute Gasteiger partial charge is 0.120 e. The van der Waals surface area contributed by atoms with Crippen molar-refractivity contribution >= 4 is 28.9 Å². The zero-order chi connectivity index (χ0) is 14.4. The number of rotatable bonds is 6. The summed E-state index contributed by atoms with van der Waals surface area (Å²) in [6.07, 6.45) is 1.72. The van der Waals surface area contributed by atoms with E-state index in [2.05, 4.69) is 11.9 Å². The van der Waals surface area contributed by atoms with Gasteiger partial charge in [0.05, 0.1) is 10.0 Å². The first-order valence-corrected chi connectivity index (χ1v) is 6.96. The van der Waals surface area contributed by atoms with Crippen LogP contribution in [-0.2, 0) is 6.54 Å². The molecule has 0 radical (unpaired) electrons. The van der Waals surface area contributed by atoms with Crippen molar-refractivity contribution in [2.75, 3.05) is 11.9 Å². The summed E-state index contributed by atoms with van der Waals surface area (Å²) in [5.74, 6) is 0.832. The lowest BCUT2D eigenvalue weighted by atomic mass is 10.2. The highest BCUT2D eigenvalue weighted by molar-refractivity contribution is 6.42. The van der Waals surface area contributed by atoms with Crippen molar-refractivity contribution in [3.05, 3.63) is 70.7 Å². The SMILES string of the molecule is C=CCOc1cccc(CNc2ccc(Cl)c(Cl)c2)c1. The van der Waals surface area contributed by atoms with Gasteiger partial charge in [0, 0.05) is 12.2 Å². The Morgan fingerprint density at radius 2 is 1.95 bits per heavy atom. The number of nitrogens with one attached hydrogen (secondary N) is 1. The molecule has 0 aromatic heterocycles. The molecule has 104 valence electrons. The molecule has 0 amide bonds. The highest BCUT2D eigenvalue weighted by Gasteiger charge is 2.00. The second-order valence-electron chi connectivity index (χ2n) is 4.23. The van der Waals surface area contributed by atoms with Crippen molar-refractivity contribution in [1.82, 2.24) is 0 Å². The van der Waals surface area contributed by atoms with E-state index in [-0.39, 0.29) is 0 Å². The Bertz CT molecular complexity index is 599. The van der Waals surface area contributed by atoms with Gasteiger partial charge in [-0.15, -0.1) is 0 Å². The first-order chi connectivity index (χ1) is 9.69. The zero-order valence-electron chi connectivity index (χ0n) is 10.9. The van der Waals surface area contributed by atoms with Crippen molar-refractivity contribution in [1.29, 1.82) is 0 Å². The van der Waals surface area contributed by atoms with Gasteiger partial charge in [-0.2, -0.15) is 0 Å². The van der Waals surface area contributed by atoms with Crippen molar-refractivity contribution in [2.45, 2.75) is 6.54 Å². The van der Waals surface area contributed by atoms with Gasteiger partial charge in [-0.25, -0.2) is 0 Å². The second kappa shape index (κ2) is 7.22. The van der Waals surface area contributed by atoms with Gasteiger partial charge in [0.25, 0.3) is 0 Å². The summed E-state index contributed by atoms with van der Waals surface area (Å²) in [5.41, 5.74) is 2.05. The minimum absolute atomic E-state index is 0.504. The molecule has 2 aromatic rings. The third-order valence-electron chi connectivity index (χ3n) is 2.68. The van der Waals surface area contributed by atoms with E-state index < -0.39 is 0 Å². The maximum absolute atomic E-state index is 5.98. The van der Waals surface area contributed by atoms with E-state index in [4.69, 9.17) is 27.9 Å². The topological polar surface area (TPSA) is 21.3 Å². The molecule has 0 aliphatic rings. The molecule has 0 spiro atoms. The second-order valence-corrected chi connectivity index (χ2v) is 5.04. The fourth-order valence-electron chi connectivity index (χ4n) is 1.71. The van der Waals surface area contributed by atoms with E-state index in [1.54, 1.807) is 12.1 Å². The molecule has 0 aliphatic carbocycles. The molecule has 0 bridgehead atoms. The predicted octanol–water partition coefficient (Wildman–Crippen LogP) is 5.17. The molecule has 0 aliphatic heterocycles. The van der Waals surface area contributed by atoms with E-state index in [1.807, 2.05) is 36.4 Å². The van der Waals surface area contributed by atoms with Crippen LogP contribution in [0.3, 0.4) is 0 Å². The fourth-order valence-corrected chi connectivity index (χ4v) is 2.01. The Balaban J connectivity index is 1.99. The number of ether oxygens (including phenoxy) is 1. The van der Waals surface area contributed by atoms with Crippen LogP contribution in [0.5, 0.6) is 5.75 Å². The van der Waals surface area contributed by atoms with Gasteiger partial charge in [-0.1, -0.05) is 48.0 Å². The number of halogens is 2. The van der Waals surface area contributed by atoms with Gasteiger partial charge >= 0.3 is 0 Å². The maximum Gasteiger partial charge on any atom is 0.120 e. The lowest BCUT2D eigenvalue weighted by Crippen LogP contribution is -2.00. The fraction of sp³-hybridized carbons (Fsp3) is 0.125. The Labute approximate surface area is 129 Å². The number of hydrogen-bond donors (Lipinski definition) is 1. The number of anilines is 1. The molecule has 0 saturated heterocycles. The van der Waals surface area contributed by atoms with Gasteiger partial charge in [0.1, 0.15) is 12.4 Å². The van der Waals surface area contributed by atoms with Crippen LogP contribution in [0.2, 0.25) is 10.0 Å². The van der Waals surface area contributed by atoms with Gasteiger partial charge in [-0.05, 0) is 35.9 Å². The normalized spacial score (nSPS) is 10.1. The first-order valence-electron chi connectivity index (χ1n) is 6.20. The van der Waals surface area contributed by atoms with Gasteiger partial charge in [-0.3, -0.25) is 0 Å².